The minimum absolute atomic E-state index is 0.0142. The highest BCUT2D eigenvalue weighted by Crippen LogP contribution is 2.18. The molecule has 142 valence electrons. The SMILES string of the molecule is O=C(NCCCc1ccccc1)C1CC(=O)N(CCN2CCOCC2)C1. The van der Waals surface area contributed by atoms with Crippen LogP contribution in [0.4, 0.5) is 0 Å². The Morgan fingerprint density at radius 1 is 1.15 bits per heavy atom. The molecule has 6 nitrogen and oxygen atoms in total. The van der Waals surface area contributed by atoms with Crippen molar-refractivity contribution in [2.75, 3.05) is 52.5 Å². The molecule has 1 aromatic carbocycles. The summed E-state index contributed by atoms with van der Waals surface area (Å²) in [6.45, 7) is 6.15. The van der Waals surface area contributed by atoms with Crippen molar-refractivity contribution in [3.8, 4) is 0 Å². The van der Waals surface area contributed by atoms with E-state index in [9.17, 15) is 9.59 Å². The summed E-state index contributed by atoms with van der Waals surface area (Å²) in [7, 11) is 0. The van der Waals surface area contributed by atoms with Gasteiger partial charge in [0.2, 0.25) is 11.8 Å². The maximum atomic E-state index is 12.3. The van der Waals surface area contributed by atoms with E-state index in [-0.39, 0.29) is 17.7 Å². The fourth-order valence-electron chi connectivity index (χ4n) is 3.54. The van der Waals surface area contributed by atoms with Crippen LogP contribution in [0.2, 0.25) is 0 Å². The zero-order chi connectivity index (χ0) is 18.2. The molecule has 1 N–H and O–H groups in total. The number of carbonyl (C=O) groups excluding carboxylic acids is 2. The van der Waals surface area contributed by atoms with Gasteiger partial charge in [0, 0.05) is 45.7 Å². The van der Waals surface area contributed by atoms with Crippen molar-refractivity contribution in [2.45, 2.75) is 19.3 Å². The fraction of sp³-hybridized carbons (Fsp3) is 0.600. The number of benzene rings is 1. The Balaban J connectivity index is 1.33. The van der Waals surface area contributed by atoms with Crippen molar-refractivity contribution in [1.29, 1.82) is 0 Å². The van der Waals surface area contributed by atoms with Crippen molar-refractivity contribution in [2.24, 2.45) is 5.92 Å². The number of likely N-dealkylation sites (tertiary alicyclic amines) is 1. The first-order valence-electron chi connectivity index (χ1n) is 9.62. The average molecular weight is 359 g/mol. The Bertz CT molecular complexity index is 587. The van der Waals surface area contributed by atoms with Crippen molar-refractivity contribution >= 4 is 11.8 Å². The Kier molecular flexibility index (Phi) is 7.03. The third-order valence-corrected chi connectivity index (χ3v) is 5.16. The molecule has 6 heteroatoms. The molecule has 0 aliphatic carbocycles. The molecule has 1 aromatic rings. The van der Waals surface area contributed by atoms with Crippen molar-refractivity contribution < 1.29 is 14.3 Å². The number of ether oxygens (including phenoxy) is 1. The van der Waals surface area contributed by atoms with Gasteiger partial charge >= 0.3 is 0 Å². The van der Waals surface area contributed by atoms with Gasteiger partial charge in [0.05, 0.1) is 19.1 Å². The predicted molar refractivity (Wildman–Crippen MR) is 99.7 cm³/mol. The van der Waals surface area contributed by atoms with Crippen molar-refractivity contribution in [1.82, 2.24) is 15.1 Å². The normalized spacial score (nSPS) is 21.2. The monoisotopic (exact) mass is 359 g/mol. The van der Waals surface area contributed by atoms with E-state index in [0.29, 0.717) is 26.1 Å². The lowest BCUT2D eigenvalue weighted by Gasteiger charge is -2.28. The topological polar surface area (TPSA) is 61.9 Å². The Morgan fingerprint density at radius 2 is 1.92 bits per heavy atom. The van der Waals surface area contributed by atoms with Crippen LogP contribution in [-0.2, 0) is 20.7 Å². The zero-order valence-corrected chi connectivity index (χ0v) is 15.4. The molecule has 3 rings (SSSR count). The summed E-state index contributed by atoms with van der Waals surface area (Å²) in [6, 6.07) is 10.3. The number of carbonyl (C=O) groups is 2. The van der Waals surface area contributed by atoms with E-state index < -0.39 is 0 Å². The number of nitrogens with one attached hydrogen (secondary N) is 1. The number of amides is 2. The number of morpholine rings is 1. The summed E-state index contributed by atoms with van der Waals surface area (Å²) >= 11 is 0. The van der Waals surface area contributed by atoms with Gasteiger partial charge in [-0.3, -0.25) is 14.5 Å². The lowest BCUT2D eigenvalue weighted by molar-refractivity contribution is -0.129. The van der Waals surface area contributed by atoms with Crippen molar-refractivity contribution in [3.05, 3.63) is 35.9 Å². The number of rotatable bonds is 8. The third kappa shape index (κ3) is 5.54. The summed E-state index contributed by atoms with van der Waals surface area (Å²) in [6.07, 6.45) is 2.21. The van der Waals surface area contributed by atoms with Crippen LogP contribution in [0.3, 0.4) is 0 Å². The van der Waals surface area contributed by atoms with Gasteiger partial charge in [0.1, 0.15) is 0 Å². The highest BCUT2D eigenvalue weighted by Gasteiger charge is 2.34. The lowest BCUT2D eigenvalue weighted by atomic mass is 10.1. The lowest BCUT2D eigenvalue weighted by Crippen LogP contribution is -2.42. The van der Waals surface area contributed by atoms with Gasteiger partial charge in [0.25, 0.3) is 0 Å². The number of hydrogen-bond acceptors (Lipinski definition) is 4. The van der Waals surface area contributed by atoms with E-state index in [1.54, 1.807) is 0 Å². The third-order valence-electron chi connectivity index (χ3n) is 5.16. The second-order valence-corrected chi connectivity index (χ2v) is 7.07. The molecule has 2 saturated heterocycles. The Labute approximate surface area is 155 Å². The first-order valence-corrected chi connectivity index (χ1v) is 9.62. The first-order chi connectivity index (χ1) is 12.7. The molecule has 1 unspecified atom stereocenters. The molecule has 0 radical (unpaired) electrons. The van der Waals surface area contributed by atoms with Gasteiger partial charge in [-0.2, -0.15) is 0 Å². The summed E-state index contributed by atoms with van der Waals surface area (Å²) in [5.74, 6) is -0.0908. The molecular formula is C20H29N3O3. The van der Waals surface area contributed by atoms with Gasteiger partial charge in [-0.25, -0.2) is 0 Å². The van der Waals surface area contributed by atoms with Gasteiger partial charge in [-0.05, 0) is 18.4 Å². The maximum Gasteiger partial charge on any atom is 0.225 e. The molecule has 2 fully saturated rings. The van der Waals surface area contributed by atoms with E-state index >= 15 is 0 Å². The van der Waals surface area contributed by atoms with Gasteiger partial charge in [-0.1, -0.05) is 30.3 Å². The van der Waals surface area contributed by atoms with E-state index in [1.165, 1.54) is 5.56 Å². The van der Waals surface area contributed by atoms with Crippen LogP contribution in [0, 0.1) is 5.92 Å². The Morgan fingerprint density at radius 3 is 2.69 bits per heavy atom. The van der Waals surface area contributed by atoms with Crippen LogP contribution >= 0.6 is 0 Å². The standard InChI is InChI=1S/C20H29N3O3/c24-19-15-18(16-23(19)10-9-22-11-13-26-14-12-22)20(25)21-8-4-7-17-5-2-1-3-6-17/h1-3,5-6,18H,4,7-16H2,(H,21,25). The van der Waals surface area contributed by atoms with Crippen LogP contribution < -0.4 is 5.32 Å². The molecule has 2 heterocycles. The predicted octanol–water partition coefficient (Wildman–Crippen LogP) is 0.916. The van der Waals surface area contributed by atoms with Crippen LogP contribution in [0.25, 0.3) is 0 Å². The summed E-state index contributed by atoms with van der Waals surface area (Å²) in [5, 5.41) is 3.00. The van der Waals surface area contributed by atoms with Crippen LogP contribution in [0.1, 0.15) is 18.4 Å². The quantitative estimate of drug-likeness (QED) is 0.701. The van der Waals surface area contributed by atoms with Gasteiger partial charge < -0.3 is 15.0 Å². The Hall–Kier alpha value is -1.92. The second kappa shape index (κ2) is 9.69. The van der Waals surface area contributed by atoms with Gasteiger partial charge in [-0.15, -0.1) is 0 Å². The van der Waals surface area contributed by atoms with E-state index in [4.69, 9.17) is 4.74 Å². The van der Waals surface area contributed by atoms with Crippen LogP contribution in [0.5, 0.6) is 0 Å². The molecule has 2 aliphatic heterocycles. The molecule has 0 spiro atoms. The van der Waals surface area contributed by atoms with E-state index in [1.807, 2.05) is 23.1 Å². The van der Waals surface area contributed by atoms with E-state index in [0.717, 1.165) is 45.7 Å². The van der Waals surface area contributed by atoms with E-state index in [2.05, 4.69) is 22.3 Å². The smallest absolute Gasteiger partial charge is 0.225 e. The molecule has 26 heavy (non-hydrogen) atoms. The summed E-state index contributed by atoms with van der Waals surface area (Å²) in [5.41, 5.74) is 1.28. The average Bonchev–Trinajstić information content (AvgIpc) is 3.06. The van der Waals surface area contributed by atoms with Gasteiger partial charge in [0.15, 0.2) is 0 Å². The largest absolute Gasteiger partial charge is 0.379 e. The summed E-state index contributed by atoms with van der Waals surface area (Å²) < 4.78 is 5.34. The zero-order valence-electron chi connectivity index (χ0n) is 15.4. The highest BCUT2D eigenvalue weighted by atomic mass is 16.5. The molecule has 2 amide bonds. The highest BCUT2D eigenvalue weighted by molar-refractivity contribution is 5.89. The fourth-order valence-corrected chi connectivity index (χ4v) is 3.54. The number of hydrogen-bond donors (Lipinski definition) is 1. The van der Waals surface area contributed by atoms with Crippen molar-refractivity contribution in [3.63, 3.8) is 0 Å². The molecule has 0 aromatic heterocycles. The molecule has 2 aliphatic rings. The first kappa shape index (κ1) is 18.9. The number of aryl methyl sites for hydroxylation is 1. The maximum absolute atomic E-state index is 12.3. The summed E-state index contributed by atoms with van der Waals surface area (Å²) in [4.78, 5) is 28.7. The van der Waals surface area contributed by atoms with Crippen LogP contribution in [0.15, 0.2) is 30.3 Å². The molecule has 0 saturated carbocycles. The van der Waals surface area contributed by atoms with Crippen LogP contribution in [-0.4, -0.2) is 74.1 Å². The number of nitrogens with zero attached hydrogens (tertiary/aromatic N) is 2. The minimum Gasteiger partial charge on any atom is -0.379 e. The molecule has 0 bridgehead atoms. The molecule has 1 atom stereocenters. The molecular weight excluding hydrogens is 330 g/mol. The second-order valence-electron chi connectivity index (χ2n) is 7.07. The minimum atomic E-state index is -0.205.